The molecule has 6 heteroatoms. The molecule has 1 fully saturated rings. The number of hydrogen-bond donors (Lipinski definition) is 1. The van der Waals surface area contributed by atoms with Crippen LogP contribution in [0.15, 0.2) is 0 Å². The second-order valence-corrected chi connectivity index (χ2v) is 8.66. The average molecular weight is 263 g/mol. The third kappa shape index (κ3) is 3.76. The monoisotopic (exact) mass is 263 g/mol. The minimum absolute atomic E-state index is 0.209. The molecule has 0 radical (unpaired) electrons. The first-order valence-corrected chi connectivity index (χ1v) is 8.61. The highest BCUT2D eigenvalue weighted by atomic mass is 32.1. The molecule has 1 unspecified atom stereocenters. The van der Waals surface area contributed by atoms with Gasteiger partial charge in [0, 0.05) is 39.0 Å². The van der Waals surface area contributed by atoms with E-state index >= 15 is 0 Å². The highest BCUT2D eigenvalue weighted by molar-refractivity contribution is 7.81. The molecule has 1 saturated heterocycles. The molecule has 1 aliphatic heterocycles. The molecular formula is C10H21NO3SSi. The Morgan fingerprint density at radius 3 is 2.56 bits per heavy atom. The molecule has 1 heterocycles. The molecule has 0 N–H and O–H groups in total. The van der Waals surface area contributed by atoms with Gasteiger partial charge in [-0.15, -0.1) is 0 Å². The van der Waals surface area contributed by atoms with E-state index in [9.17, 15) is 4.79 Å². The highest BCUT2D eigenvalue weighted by Crippen LogP contribution is 2.19. The van der Waals surface area contributed by atoms with Gasteiger partial charge >= 0.3 is 8.56 Å². The van der Waals surface area contributed by atoms with Crippen LogP contribution < -0.4 is 0 Å². The Labute approximate surface area is 104 Å². The van der Waals surface area contributed by atoms with E-state index in [-0.39, 0.29) is 11.2 Å². The van der Waals surface area contributed by atoms with Crippen molar-refractivity contribution < 1.29 is 13.6 Å². The minimum Gasteiger partial charge on any atom is -0.398 e. The average Bonchev–Trinajstić information content (AvgIpc) is 2.57. The van der Waals surface area contributed by atoms with Crippen LogP contribution in [0.2, 0.25) is 12.6 Å². The standard InChI is InChI=1S/C10H21NO3SSi/c1-13-16(3,14-2)6-4-5-11-8-9(15)7-10(11)12/h9,15H,4-8H2,1-3H3. The third-order valence-corrected chi connectivity index (χ3v) is 6.45. The highest BCUT2D eigenvalue weighted by Gasteiger charge is 2.30. The van der Waals surface area contributed by atoms with E-state index in [0.717, 1.165) is 25.6 Å². The first-order chi connectivity index (χ1) is 7.50. The zero-order valence-electron chi connectivity index (χ0n) is 10.2. The van der Waals surface area contributed by atoms with Crippen LogP contribution >= 0.6 is 12.6 Å². The topological polar surface area (TPSA) is 38.8 Å². The molecule has 0 aromatic rings. The van der Waals surface area contributed by atoms with Gasteiger partial charge in [-0.1, -0.05) is 0 Å². The van der Waals surface area contributed by atoms with E-state index in [2.05, 4.69) is 12.6 Å². The molecule has 0 spiro atoms. The summed E-state index contributed by atoms with van der Waals surface area (Å²) in [7, 11) is 1.42. The van der Waals surface area contributed by atoms with Gasteiger partial charge in [0.15, 0.2) is 0 Å². The van der Waals surface area contributed by atoms with Crippen LogP contribution in [0.5, 0.6) is 0 Å². The summed E-state index contributed by atoms with van der Waals surface area (Å²) >= 11 is 4.32. The minimum atomic E-state index is -1.97. The van der Waals surface area contributed by atoms with Crippen LogP contribution in [0.4, 0.5) is 0 Å². The second-order valence-electron chi connectivity index (χ2n) is 4.34. The van der Waals surface area contributed by atoms with E-state index in [1.807, 2.05) is 11.4 Å². The molecule has 1 rings (SSSR count). The van der Waals surface area contributed by atoms with Gasteiger partial charge in [-0.25, -0.2) is 0 Å². The smallest absolute Gasteiger partial charge is 0.334 e. The lowest BCUT2D eigenvalue weighted by Crippen LogP contribution is -2.37. The summed E-state index contributed by atoms with van der Waals surface area (Å²) in [5, 5.41) is 0.209. The summed E-state index contributed by atoms with van der Waals surface area (Å²) in [5.41, 5.74) is 0. The number of likely N-dealkylation sites (tertiary alicyclic amines) is 1. The summed E-state index contributed by atoms with van der Waals surface area (Å²) in [6, 6.07) is 0.918. The molecule has 0 bridgehead atoms. The third-order valence-electron chi connectivity index (χ3n) is 3.12. The molecule has 1 amide bonds. The van der Waals surface area contributed by atoms with Gasteiger partial charge in [0.05, 0.1) is 0 Å². The van der Waals surface area contributed by atoms with Crippen molar-refractivity contribution in [3.05, 3.63) is 0 Å². The molecule has 94 valence electrons. The van der Waals surface area contributed by atoms with Crippen molar-refractivity contribution in [2.24, 2.45) is 0 Å². The number of rotatable bonds is 6. The van der Waals surface area contributed by atoms with Crippen LogP contribution in [-0.4, -0.2) is 51.9 Å². The number of carbonyl (C=O) groups is 1. The number of thiol groups is 1. The fourth-order valence-electron chi connectivity index (χ4n) is 1.85. The summed E-state index contributed by atoms with van der Waals surface area (Å²) < 4.78 is 10.8. The van der Waals surface area contributed by atoms with Crippen LogP contribution in [0.1, 0.15) is 12.8 Å². The fourth-order valence-corrected chi connectivity index (χ4v) is 3.57. The summed E-state index contributed by atoms with van der Waals surface area (Å²) in [6.07, 6.45) is 1.52. The predicted molar refractivity (Wildman–Crippen MR) is 69.0 cm³/mol. The van der Waals surface area contributed by atoms with Gasteiger partial charge in [0.25, 0.3) is 0 Å². The Balaban J connectivity index is 2.28. The molecule has 0 aromatic heterocycles. The van der Waals surface area contributed by atoms with Gasteiger partial charge < -0.3 is 13.8 Å². The molecule has 1 aliphatic rings. The normalized spacial score (nSPS) is 21.9. The van der Waals surface area contributed by atoms with Crippen molar-refractivity contribution in [2.45, 2.75) is 30.7 Å². The van der Waals surface area contributed by atoms with Gasteiger partial charge in [0.2, 0.25) is 5.91 Å². The van der Waals surface area contributed by atoms with Crippen molar-refractivity contribution >= 4 is 27.1 Å². The SMILES string of the molecule is CO[Si](C)(CCCN1CC(S)CC1=O)OC. The Hall–Kier alpha value is -0.0431. The zero-order chi connectivity index (χ0) is 12.2. The predicted octanol–water partition coefficient (Wildman–Crippen LogP) is 1.27. The molecule has 0 saturated carbocycles. The maximum atomic E-state index is 11.5. The Morgan fingerprint density at radius 1 is 1.50 bits per heavy atom. The maximum Gasteiger partial charge on any atom is 0.334 e. The molecular weight excluding hydrogens is 242 g/mol. The maximum absolute atomic E-state index is 11.5. The van der Waals surface area contributed by atoms with Crippen LogP contribution in [0.25, 0.3) is 0 Å². The molecule has 4 nitrogen and oxygen atoms in total. The quantitative estimate of drug-likeness (QED) is 0.579. The van der Waals surface area contributed by atoms with E-state index in [1.54, 1.807) is 14.2 Å². The van der Waals surface area contributed by atoms with Crippen LogP contribution in [-0.2, 0) is 13.6 Å². The number of nitrogens with zero attached hydrogens (tertiary/aromatic N) is 1. The van der Waals surface area contributed by atoms with Crippen LogP contribution in [0, 0.1) is 0 Å². The van der Waals surface area contributed by atoms with Crippen LogP contribution in [0.3, 0.4) is 0 Å². The van der Waals surface area contributed by atoms with Crippen molar-refractivity contribution in [1.29, 1.82) is 0 Å². The Morgan fingerprint density at radius 2 is 2.12 bits per heavy atom. The largest absolute Gasteiger partial charge is 0.398 e. The molecule has 0 aliphatic carbocycles. The molecule has 0 aromatic carbocycles. The first-order valence-electron chi connectivity index (χ1n) is 5.57. The summed E-state index contributed by atoms with van der Waals surface area (Å²) in [6.45, 7) is 3.62. The van der Waals surface area contributed by atoms with Crippen molar-refractivity contribution in [3.8, 4) is 0 Å². The fraction of sp³-hybridized carbons (Fsp3) is 0.900. The van der Waals surface area contributed by atoms with E-state index < -0.39 is 8.56 Å². The summed E-state index contributed by atoms with van der Waals surface area (Å²) in [5.74, 6) is 0.221. The lowest BCUT2D eigenvalue weighted by molar-refractivity contribution is -0.127. The number of carbonyl (C=O) groups excluding carboxylic acids is 1. The molecule has 1 atom stereocenters. The second kappa shape index (κ2) is 6.04. The number of amides is 1. The van der Waals surface area contributed by atoms with Crippen molar-refractivity contribution in [3.63, 3.8) is 0 Å². The van der Waals surface area contributed by atoms with Gasteiger partial charge in [-0.05, 0) is 19.0 Å². The van der Waals surface area contributed by atoms with Crippen molar-refractivity contribution in [1.82, 2.24) is 4.90 Å². The zero-order valence-corrected chi connectivity index (χ0v) is 12.1. The van der Waals surface area contributed by atoms with Gasteiger partial charge in [0.1, 0.15) is 0 Å². The molecule has 16 heavy (non-hydrogen) atoms. The Kier molecular flexibility index (Phi) is 5.30. The first kappa shape index (κ1) is 14.0. The number of hydrogen-bond acceptors (Lipinski definition) is 4. The van der Waals surface area contributed by atoms with E-state index in [4.69, 9.17) is 8.85 Å². The summed E-state index contributed by atoms with van der Waals surface area (Å²) in [4.78, 5) is 13.4. The van der Waals surface area contributed by atoms with E-state index in [1.165, 1.54) is 0 Å². The van der Waals surface area contributed by atoms with Gasteiger partial charge in [-0.3, -0.25) is 4.79 Å². The van der Waals surface area contributed by atoms with E-state index in [0.29, 0.717) is 6.42 Å². The Bertz CT molecular complexity index is 248. The lowest BCUT2D eigenvalue weighted by Gasteiger charge is -2.24. The van der Waals surface area contributed by atoms with Crippen molar-refractivity contribution in [2.75, 3.05) is 27.3 Å². The van der Waals surface area contributed by atoms with Gasteiger partial charge in [-0.2, -0.15) is 12.6 Å². The lowest BCUT2D eigenvalue weighted by atomic mass is 10.4.